The summed E-state index contributed by atoms with van der Waals surface area (Å²) in [6.45, 7) is 6.23. The van der Waals surface area contributed by atoms with Crippen molar-refractivity contribution in [1.82, 2.24) is 9.80 Å². The van der Waals surface area contributed by atoms with Crippen LogP contribution in [0.5, 0.6) is 0 Å². The number of nitrogens with two attached hydrogens (primary N) is 1. The smallest absolute Gasteiger partial charge is 0.191 e. The predicted octanol–water partition coefficient (Wildman–Crippen LogP) is 1.52. The van der Waals surface area contributed by atoms with E-state index in [1.165, 1.54) is 17.7 Å². The number of likely N-dealkylation sites (N-methyl/N-ethyl adjacent to an activating group) is 1. The molecule has 6 heteroatoms. The third kappa shape index (κ3) is 4.26. The number of benzene rings is 1. The average Bonchev–Trinajstić information content (AvgIpc) is 2.62. The highest BCUT2D eigenvalue weighted by molar-refractivity contribution is 5.78. The average molecular weight is 331 g/mol. The molecule has 1 fully saturated rings. The van der Waals surface area contributed by atoms with Crippen LogP contribution in [0.4, 0.5) is 10.1 Å². The van der Waals surface area contributed by atoms with Crippen LogP contribution >= 0.6 is 0 Å². The molecule has 2 heterocycles. The number of piperazine rings is 1. The van der Waals surface area contributed by atoms with E-state index in [4.69, 9.17) is 5.73 Å². The molecular formula is C18H26FN5. The largest absolute Gasteiger partial charge is 0.370 e. The van der Waals surface area contributed by atoms with Crippen LogP contribution in [0.3, 0.4) is 0 Å². The standard InChI is InChI=1S/C18H26FN5/c1-22-8-6-15(7-9-22)14-21-18(20)24-12-10-23(11-13-24)17-4-2-16(19)3-5-17/h2-6H,7-14H2,1H3,(H2,20,21). The summed E-state index contributed by atoms with van der Waals surface area (Å²) in [4.78, 5) is 11.3. The third-order valence-corrected chi connectivity index (χ3v) is 4.75. The molecule has 0 radical (unpaired) electrons. The number of anilines is 1. The van der Waals surface area contributed by atoms with Crippen molar-refractivity contribution in [2.45, 2.75) is 6.42 Å². The summed E-state index contributed by atoms with van der Waals surface area (Å²) in [7, 11) is 2.13. The Morgan fingerprint density at radius 1 is 1.12 bits per heavy atom. The third-order valence-electron chi connectivity index (χ3n) is 4.75. The Bertz CT molecular complexity index is 602. The van der Waals surface area contributed by atoms with Gasteiger partial charge >= 0.3 is 0 Å². The second kappa shape index (κ2) is 7.66. The van der Waals surface area contributed by atoms with Crippen LogP contribution in [-0.4, -0.2) is 68.6 Å². The van der Waals surface area contributed by atoms with Crippen molar-refractivity contribution < 1.29 is 4.39 Å². The molecule has 3 rings (SSSR count). The minimum Gasteiger partial charge on any atom is -0.370 e. The molecule has 0 amide bonds. The van der Waals surface area contributed by atoms with Crippen molar-refractivity contribution in [1.29, 1.82) is 0 Å². The van der Waals surface area contributed by atoms with Crippen LogP contribution < -0.4 is 10.6 Å². The van der Waals surface area contributed by atoms with Crippen LogP contribution in [0.25, 0.3) is 0 Å². The molecule has 0 unspecified atom stereocenters. The minimum atomic E-state index is -0.197. The highest BCUT2D eigenvalue weighted by atomic mass is 19.1. The molecule has 0 aromatic heterocycles. The number of aliphatic imine (C=N–C) groups is 1. The van der Waals surface area contributed by atoms with Gasteiger partial charge < -0.3 is 20.4 Å². The summed E-state index contributed by atoms with van der Waals surface area (Å²) in [5.41, 5.74) is 8.60. The number of hydrogen-bond donors (Lipinski definition) is 1. The summed E-state index contributed by atoms with van der Waals surface area (Å²) in [6, 6.07) is 6.67. The Morgan fingerprint density at radius 2 is 1.83 bits per heavy atom. The van der Waals surface area contributed by atoms with Crippen molar-refractivity contribution >= 4 is 11.6 Å². The van der Waals surface area contributed by atoms with Gasteiger partial charge in [0, 0.05) is 45.0 Å². The number of halogens is 1. The van der Waals surface area contributed by atoms with Crippen molar-refractivity contribution in [3.05, 3.63) is 41.7 Å². The van der Waals surface area contributed by atoms with Gasteiger partial charge in [-0.05, 0) is 37.7 Å². The van der Waals surface area contributed by atoms with E-state index in [-0.39, 0.29) is 5.82 Å². The van der Waals surface area contributed by atoms with Crippen molar-refractivity contribution in [3.63, 3.8) is 0 Å². The summed E-state index contributed by atoms with van der Waals surface area (Å²) in [6.07, 6.45) is 3.33. The molecule has 1 aromatic carbocycles. The molecule has 2 aliphatic heterocycles. The molecule has 0 aliphatic carbocycles. The van der Waals surface area contributed by atoms with Crippen molar-refractivity contribution in [2.24, 2.45) is 10.7 Å². The minimum absolute atomic E-state index is 0.197. The lowest BCUT2D eigenvalue weighted by Crippen LogP contribution is -2.51. The van der Waals surface area contributed by atoms with Crippen LogP contribution in [0.15, 0.2) is 40.9 Å². The van der Waals surface area contributed by atoms with Gasteiger partial charge in [-0.2, -0.15) is 0 Å². The zero-order valence-corrected chi connectivity index (χ0v) is 14.3. The van der Waals surface area contributed by atoms with Gasteiger partial charge in [-0.15, -0.1) is 0 Å². The maximum Gasteiger partial charge on any atom is 0.191 e. The van der Waals surface area contributed by atoms with E-state index in [0.29, 0.717) is 12.5 Å². The van der Waals surface area contributed by atoms with E-state index in [0.717, 1.165) is 51.4 Å². The van der Waals surface area contributed by atoms with Gasteiger partial charge in [0.05, 0.1) is 6.54 Å². The van der Waals surface area contributed by atoms with E-state index >= 15 is 0 Å². The van der Waals surface area contributed by atoms with Crippen LogP contribution in [0.2, 0.25) is 0 Å². The van der Waals surface area contributed by atoms with Crippen LogP contribution in [0, 0.1) is 5.82 Å². The van der Waals surface area contributed by atoms with Crippen molar-refractivity contribution in [3.8, 4) is 0 Å². The Morgan fingerprint density at radius 3 is 2.46 bits per heavy atom. The van der Waals surface area contributed by atoms with Gasteiger partial charge in [-0.1, -0.05) is 11.6 Å². The van der Waals surface area contributed by atoms with Gasteiger partial charge in [-0.25, -0.2) is 9.38 Å². The molecule has 0 bridgehead atoms. The predicted molar refractivity (Wildman–Crippen MR) is 96.9 cm³/mol. The number of hydrogen-bond acceptors (Lipinski definition) is 3. The highest BCUT2D eigenvalue weighted by Gasteiger charge is 2.18. The Hall–Kier alpha value is -2.08. The summed E-state index contributed by atoms with van der Waals surface area (Å²) >= 11 is 0. The van der Waals surface area contributed by atoms with Gasteiger partial charge in [-0.3, -0.25) is 0 Å². The first-order valence-corrected chi connectivity index (χ1v) is 8.53. The summed E-state index contributed by atoms with van der Waals surface area (Å²) in [5, 5.41) is 0. The lowest BCUT2D eigenvalue weighted by molar-refractivity contribution is 0.357. The quantitative estimate of drug-likeness (QED) is 0.518. The van der Waals surface area contributed by atoms with Gasteiger partial charge in [0.2, 0.25) is 0 Å². The Kier molecular flexibility index (Phi) is 5.35. The lowest BCUT2D eigenvalue weighted by atomic mass is 10.1. The molecular weight excluding hydrogens is 305 g/mol. The molecule has 1 aromatic rings. The first-order valence-electron chi connectivity index (χ1n) is 8.53. The Labute approximate surface area is 143 Å². The molecule has 130 valence electrons. The van der Waals surface area contributed by atoms with E-state index < -0.39 is 0 Å². The lowest BCUT2D eigenvalue weighted by Gasteiger charge is -2.36. The van der Waals surface area contributed by atoms with Crippen LogP contribution in [0.1, 0.15) is 6.42 Å². The number of guanidine groups is 1. The zero-order valence-electron chi connectivity index (χ0n) is 14.3. The maximum atomic E-state index is 13.0. The van der Waals surface area contributed by atoms with Crippen molar-refractivity contribution in [2.75, 3.05) is 57.8 Å². The molecule has 0 saturated carbocycles. The molecule has 2 aliphatic rings. The molecule has 5 nitrogen and oxygen atoms in total. The number of nitrogens with zero attached hydrogens (tertiary/aromatic N) is 4. The second-order valence-corrected chi connectivity index (χ2v) is 6.50. The normalized spacial score (nSPS) is 20.2. The fourth-order valence-electron chi connectivity index (χ4n) is 3.08. The van der Waals surface area contributed by atoms with Gasteiger partial charge in [0.15, 0.2) is 5.96 Å². The molecule has 1 saturated heterocycles. The molecule has 24 heavy (non-hydrogen) atoms. The monoisotopic (exact) mass is 331 g/mol. The summed E-state index contributed by atoms with van der Waals surface area (Å²) < 4.78 is 13.0. The summed E-state index contributed by atoms with van der Waals surface area (Å²) in [5.74, 6) is 0.436. The molecule has 0 atom stereocenters. The van der Waals surface area contributed by atoms with Gasteiger partial charge in [0.1, 0.15) is 5.82 Å². The van der Waals surface area contributed by atoms with E-state index in [9.17, 15) is 4.39 Å². The van der Waals surface area contributed by atoms with E-state index in [1.54, 1.807) is 0 Å². The molecule has 0 spiro atoms. The first kappa shape index (κ1) is 16.8. The van der Waals surface area contributed by atoms with Gasteiger partial charge in [0.25, 0.3) is 0 Å². The SMILES string of the molecule is CN1CC=C(CN=C(N)N2CCN(c3ccc(F)cc3)CC2)CC1. The van der Waals surface area contributed by atoms with E-state index in [2.05, 4.69) is 32.8 Å². The van der Waals surface area contributed by atoms with E-state index in [1.807, 2.05) is 12.1 Å². The first-order chi connectivity index (χ1) is 11.6. The fraction of sp³-hybridized carbons (Fsp3) is 0.500. The zero-order chi connectivity index (χ0) is 16.9. The maximum absolute atomic E-state index is 13.0. The van der Waals surface area contributed by atoms with Crippen LogP contribution in [-0.2, 0) is 0 Å². The topological polar surface area (TPSA) is 48.1 Å². The highest BCUT2D eigenvalue weighted by Crippen LogP contribution is 2.17. The number of rotatable bonds is 3. The fourth-order valence-corrected chi connectivity index (χ4v) is 3.08. The Balaban J connectivity index is 1.50. The second-order valence-electron chi connectivity index (χ2n) is 6.50. The molecule has 2 N–H and O–H groups in total.